The zero-order valence-electron chi connectivity index (χ0n) is 23.6. The summed E-state index contributed by atoms with van der Waals surface area (Å²) in [5.41, 5.74) is 2.50. The van der Waals surface area contributed by atoms with Gasteiger partial charge in [0.1, 0.15) is 11.5 Å². The highest BCUT2D eigenvalue weighted by molar-refractivity contribution is 6.12. The van der Waals surface area contributed by atoms with Gasteiger partial charge in [0.15, 0.2) is 0 Å². The number of hydrogen-bond acceptors (Lipinski definition) is 7. The van der Waals surface area contributed by atoms with Gasteiger partial charge in [-0.1, -0.05) is 13.0 Å². The summed E-state index contributed by atoms with van der Waals surface area (Å²) in [6.45, 7) is 10.9. The number of amides is 2. The van der Waals surface area contributed by atoms with E-state index in [9.17, 15) is 4.79 Å². The molecule has 1 aromatic heterocycles. The van der Waals surface area contributed by atoms with Crippen molar-refractivity contribution in [2.24, 2.45) is 5.92 Å². The molecular formula is C28H46N8O2. The normalized spacial score (nSPS) is 21.1. The number of ether oxygens (including phenoxy) is 1. The first kappa shape index (κ1) is 28.0. The van der Waals surface area contributed by atoms with Crippen LogP contribution in [0, 0.1) is 16.7 Å². The molecule has 2 saturated heterocycles. The molecule has 2 amide bonds. The van der Waals surface area contributed by atoms with Crippen LogP contribution in [-0.4, -0.2) is 102 Å². The van der Waals surface area contributed by atoms with Gasteiger partial charge in [-0.2, -0.15) is 0 Å². The molecule has 0 aromatic carbocycles. The van der Waals surface area contributed by atoms with E-state index < -0.39 is 0 Å². The number of amidine groups is 1. The number of likely N-dealkylation sites (tertiary alicyclic amines) is 2. The number of nitrogens with one attached hydrogen (secondary N) is 4. The van der Waals surface area contributed by atoms with Crippen molar-refractivity contribution in [3.63, 3.8) is 0 Å². The third kappa shape index (κ3) is 5.86. The summed E-state index contributed by atoms with van der Waals surface area (Å²) >= 11 is 0. The number of rotatable bonds is 11. The molecule has 1 aromatic rings. The maximum absolute atomic E-state index is 13.2. The monoisotopic (exact) mass is 526 g/mol. The molecule has 0 radical (unpaired) electrons. The van der Waals surface area contributed by atoms with Crippen LogP contribution in [0.2, 0.25) is 0 Å². The number of nitrogens with zero attached hydrogens (tertiary/aromatic N) is 4. The molecule has 1 aliphatic carbocycles. The molecule has 3 aliphatic rings. The van der Waals surface area contributed by atoms with Crippen molar-refractivity contribution in [2.45, 2.75) is 58.1 Å². The summed E-state index contributed by atoms with van der Waals surface area (Å²) in [5.74, 6) is 0.932. The molecule has 3 fully saturated rings. The van der Waals surface area contributed by atoms with Crippen LogP contribution in [0.3, 0.4) is 0 Å². The Morgan fingerprint density at radius 1 is 1.32 bits per heavy atom. The molecule has 210 valence electrons. The van der Waals surface area contributed by atoms with E-state index in [1.807, 2.05) is 29.7 Å². The second-order valence-electron chi connectivity index (χ2n) is 10.9. The van der Waals surface area contributed by atoms with Gasteiger partial charge in [0.2, 0.25) is 0 Å². The van der Waals surface area contributed by atoms with Crippen LogP contribution < -0.4 is 10.6 Å². The molecular weight excluding hydrogens is 480 g/mol. The summed E-state index contributed by atoms with van der Waals surface area (Å²) in [4.78, 5) is 24.0. The third-order valence-corrected chi connectivity index (χ3v) is 8.40. The van der Waals surface area contributed by atoms with Crippen LogP contribution in [0.15, 0.2) is 24.0 Å². The summed E-state index contributed by atoms with van der Waals surface area (Å²) in [7, 11) is 3.84. The van der Waals surface area contributed by atoms with E-state index in [4.69, 9.17) is 15.6 Å². The number of carbonyl (C=O) groups is 1. The maximum atomic E-state index is 13.2. The molecule has 4 rings (SSSR count). The molecule has 1 saturated carbocycles. The summed E-state index contributed by atoms with van der Waals surface area (Å²) in [6, 6.07) is 1.68. The number of methoxy groups -OCH3 is 1. The fourth-order valence-electron chi connectivity index (χ4n) is 5.57. The molecule has 10 heteroatoms. The predicted molar refractivity (Wildman–Crippen MR) is 153 cm³/mol. The average Bonchev–Trinajstić information content (AvgIpc) is 3.57. The first-order valence-corrected chi connectivity index (χ1v) is 13.9. The van der Waals surface area contributed by atoms with Gasteiger partial charge >= 0.3 is 6.03 Å². The minimum absolute atomic E-state index is 0. The molecule has 0 spiro atoms. The highest BCUT2D eigenvalue weighted by Crippen LogP contribution is 2.44. The lowest BCUT2D eigenvalue weighted by atomic mass is 10.0. The lowest BCUT2D eigenvalue weighted by molar-refractivity contribution is 0.00576. The first-order chi connectivity index (χ1) is 18.2. The number of aromatic nitrogens is 1. The Labute approximate surface area is 228 Å². The van der Waals surface area contributed by atoms with Gasteiger partial charge in [-0.25, -0.2) is 4.79 Å². The first-order valence-electron chi connectivity index (χ1n) is 13.9. The van der Waals surface area contributed by atoms with Gasteiger partial charge < -0.3 is 30.1 Å². The predicted octanol–water partition coefficient (Wildman–Crippen LogP) is 3.59. The molecule has 3 heterocycles. The number of allylic oxidation sites excluding steroid dienone is 2. The fourth-order valence-corrected chi connectivity index (χ4v) is 5.57. The van der Waals surface area contributed by atoms with Gasteiger partial charge in [0.05, 0.1) is 23.1 Å². The fraction of sp³-hybridized carbons (Fsp3) is 0.643. The quantitative estimate of drug-likeness (QED) is 0.258. The molecule has 1 atom stereocenters. The van der Waals surface area contributed by atoms with Gasteiger partial charge in [-0.15, -0.1) is 0 Å². The van der Waals surface area contributed by atoms with Crippen molar-refractivity contribution in [1.29, 1.82) is 10.8 Å². The van der Waals surface area contributed by atoms with Gasteiger partial charge in [0.25, 0.3) is 0 Å². The Morgan fingerprint density at radius 3 is 2.61 bits per heavy atom. The van der Waals surface area contributed by atoms with Crippen molar-refractivity contribution in [3.8, 4) is 0 Å². The van der Waals surface area contributed by atoms with Crippen LogP contribution in [-0.2, 0) is 4.74 Å². The van der Waals surface area contributed by atoms with E-state index in [2.05, 4.69) is 34.5 Å². The second kappa shape index (κ2) is 11.8. The van der Waals surface area contributed by atoms with E-state index in [0.717, 1.165) is 51.0 Å². The number of anilines is 1. The molecule has 4 N–H and O–H groups in total. The second-order valence-corrected chi connectivity index (χ2v) is 10.9. The van der Waals surface area contributed by atoms with E-state index in [1.54, 1.807) is 19.4 Å². The Balaban J connectivity index is 0.00000420. The summed E-state index contributed by atoms with van der Waals surface area (Å²) < 4.78 is 5.39. The largest absolute Gasteiger partial charge is 0.384 e. The lowest BCUT2D eigenvalue weighted by Crippen LogP contribution is -2.54. The SMILES string of the molecule is C/C=C(/NC(=O)N(CC)C1(CC)CC1)C(=N)c1cc(NCC2CCN(C)C2)c(C(=N)N2CC(OC)C2)cn1.[HH]. The van der Waals surface area contributed by atoms with Gasteiger partial charge in [0, 0.05) is 58.7 Å². The number of hydrogen-bond donors (Lipinski definition) is 4. The summed E-state index contributed by atoms with van der Waals surface area (Å²) in [6.07, 6.45) is 7.69. The average molecular weight is 527 g/mol. The Hall–Kier alpha value is -2.98. The minimum atomic E-state index is -0.169. The number of pyridine rings is 1. The van der Waals surface area contributed by atoms with Crippen molar-refractivity contribution in [1.82, 2.24) is 25.0 Å². The zero-order valence-corrected chi connectivity index (χ0v) is 23.6. The third-order valence-electron chi connectivity index (χ3n) is 8.40. The van der Waals surface area contributed by atoms with E-state index in [0.29, 0.717) is 48.3 Å². The number of carbonyl (C=O) groups excluding carboxylic acids is 1. The van der Waals surface area contributed by atoms with Gasteiger partial charge in [-0.3, -0.25) is 15.8 Å². The Bertz CT molecular complexity index is 1080. The molecule has 1 unspecified atom stereocenters. The highest BCUT2D eigenvalue weighted by Gasteiger charge is 2.48. The Kier molecular flexibility index (Phi) is 8.72. The topological polar surface area (TPSA) is 121 Å². The van der Waals surface area contributed by atoms with Crippen LogP contribution in [0.5, 0.6) is 0 Å². The standard InChI is InChI=1S/C28H44N8O2.H2/c1-6-22(33-27(37)36(8-3)28(7-2)10-11-28)25(29)24-13-23(31-14-19-9-12-34(4)16-19)21(15-32-24)26(30)35-17-20(18-35)38-5;/h6,13,15,19-20,29-30H,7-12,14,16-18H2,1-5H3,(H,31,32)(H,33,37);1H/b22-6+,29-25?,30-26?;. The lowest BCUT2D eigenvalue weighted by Gasteiger charge is -2.40. The molecule has 2 aliphatic heterocycles. The van der Waals surface area contributed by atoms with Crippen LogP contribution in [0.4, 0.5) is 10.5 Å². The van der Waals surface area contributed by atoms with Crippen molar-refractivity contribution in [3.05, 3.63) is 35.3 Å². The van der Waals surface area contributed by atoms with Crippen LogP contribution >= 0.6 is 0 Å². The molecule has 10 nitrogen and oxygen atoms in total. The minimum Gasteiger partial charge on any atom is -0.384 e. The van der Waals surface area contributed by atoms with Crippen molar-refractivity contribution in [2.75, 3.05) is 58.7 Å². The summed E-state index contributed by atoms with van der Waals surface area (Å²) in [5, 5.41) is 24.2. The number of urea groups is 1. The van der Waals surface area contributed by atoms with Gasteiger partial charge in [-0.05, 0) is 65.1 Å². The Morgan fingerprint density at radius 2 is 2.05 bits per heavy atom. The van der Waals surface area contributed by atoms with Crippen LogP contribution in [0.25, 0.3) is 0 Å². The van der Waals surface area contributed by atoms with Crippen molar-refractivity contribution >= 4 is 23.3 Å². The molecule has 38 heavy (non-hydrogen) atoms. The smallest absolute Gasteiger partial charge is 0.322 e. The molecule has 0 bridgehead atoms. The maximum Gasteiger partial charge on any atom is 0.322 e. The highest BCUT2D eigenvalue weighted by atomic mass is 16.5. The van der Waals surface area contributed by atoms with E-state index in [-0.39, 0.29) is 24.8 Å². The van der Waals surface area contributed by atoms with E-state index >= 15 is 0 Å². The van der Waals surface area contributed by atoms with Crippen LogP contribution in [0.1, 0.15) is 59.1 Å². The zero-order chi connectivity index (χ0) is 27.4. The van der Waals surface area contributed by atoms with E-state index in [1.165, 1.54) is 0 Å². The van der Waals surface area contributed by atoms with Crippen molar-refractivity contribution < 1.29 is 11.0 Å².